The minimum Gasteiger partial charge on any atom is -0.463 e. The number of amides is 2. The predicted molar refractivity (Wildman–Crippen MR) is 99.3 cm³/mol. The van der Waals surface area contributed by atoms with Gasteiger partial charge in [-0.15, -0.1) is 0 Å². The number of hydrogen-bond donors (Lipinski definition) is 3. The summed E-state index contributed by atoms with van der Waals surface area (Å²) in [6, 6.07) is 14.4. The number of esters is 1. The number of nitrogens with one attached hydrogen (secondary N) is 2. The van der Waals surface area contributed by atoms with Gasteiger partial charge in [0.2, 0.25) is 0 Å². The van der Waals surface area contributed by atoms with Crippen LogP contribution in [0.1, 0.15) is 25.5 Å². The Bertz CT molecular complexity index is 855. The Morgan fingerprint density at radius 2 is 2.00 bits per heavy atom. The molecule has 0 saturated carbocycles. The van der Waals surface area contributed by atoms with E-state index in [0.717, 1.165) is 0 Å². The van der Waals surface area contributed by atoms with Gasteiger partial charge in [0, 0.05) is 5.56 Å². The molecule has 4 N–H and O–H groups in total. The van der Waals surface area contributed by atoms with Crippen LogP contribution in [0.25, 0.3) is 10.8 Å². The van der Waals surface area contributed by atoms with Gasteiger partial charge in [-0.25, -0.2) is 9.59 Å². The van der Waals surface area contributed by atoms with Crippen LogP contribution in [0.4, 0.5) is 4.79 Å². The average molecular weight is 354 g/mol. The van der Waals surface area contributed by atoms with E-state index in [0.29, 0.717) is 24.4 Å². The van der Waals surface area contributed by atoms with E-state index in [4.69, 9.17) is 4.74 Å². The molecule has 0 fully saturated rings. The van der Waals surface area contributed by atoms with Crippen molar-refractivity contribution in [3.05, 3.63) is 59.3 Å². The molecule has 0 aliphatic carbocycles. The summed E-state index contributed by atoms with van der Waals surface area (Å²) in [5.74, 6) is -0.388. The average Bonchev–Trinajstić information content (AvgIpc) is 2.66. The van der Waals surface area contributed by atoms with Gasteiger partial charge in [0.15, 0.2) is 0 Å². The fraction of sp³-hybridized carbons (Fsp3) is 0.300. The van der Waals surface area contributed by atoms with Crippen molar-refractivity contribution in [2.75, 3.05) is 19.7 Å². The first-order valence-corrected chi connectivity index (χ1v) is 8.85. The van der Waals surface area contributed by atoms with E-state index in [9.17, 15) is 9.59 Å². The smallest absolute Gasteiger partial charge is 0.337 e. The van der Waals surface area contributed by atoms with Gasteiger partial charge in [-0.1, -0.05) is 42.5 Å². The first-order chi connectivity index (χ1) is 12.6. The molecule has 0 bridgehead atoms. The van der Waals surface area contributed by atoms with Gasteiger partial charge in [0.25, 0.3) is 0 Å². The van der Waals surface area contributed by atoms with Crippen molar-refractivity contribution in [1.82, 2.24) is 10.6 Å². The SMILES string of the molecule is CCOC(=O)C1=C(C[NH2+][C@H](C)c2cccc3ccccc23)NC(=O)NC1. The lowest BCUT2D eigenvalue weighted by atomic mass is 9.99. The minimum absolute atomic E-state index is 0.170. The Labute approximate surface area is 152 Å². The molecular formula is C20H24N3O3+. The second-order valence-electron chi connectivity index (χ2n) is 6.28. The van der Waals surface area contributed by atoms with Crippen LogP contribution in [-0.4, -0.2) is 31.7 Å². The quantitative estimate of drug-likeness (QED) is 0.689. The largest absolute Gasteiger partial charge is 0.463 e. The summed E-state index contributed by atoms with van der Waals surface area (Å²) in [4.78, 5) is 23.8. The number of nitrogens with two attached hydrogens (primary N) is 1. The normalized spacial score (nSPS) is 15.4. The van der Waals surface area contributed by atoms with E-state index in [-0.39, 0.29) is 24.6 Å². The van der Waals surface area contributed by atoms with E-state index in [1.807, 2.05) is 12.1 Å². The molecule has 26 heavy (non-hydrogen) atoms. The molecule has 0 spiro atoms. The van der Waals surface area contributed by atoms with Crippen molar-refractivity contribution in [1.29, 1.82) is 0 Å². The van der Waals surface area contributed by atoms with Crippen LogP contribution in [0, 0.1) is 0 Å². The van der Waals surface area contributed by atoms with Crippen molar-refractivity contribution in [2.45, 2.75) is 19.9 Å². The summed E-state index contributed by atoms with van der Waals surface area (Å²) in [7, 11) is 0. The van der Waals surface area contributed by atoms with E-state index in [1.54, 1.807) is 6.92 Å². The van der Waals surface area contributed by atoms with Crippen LogP contribution >= 0.6 is 0 Å². The number of benzene rings is 2. The maximum Gasteiger partial charge on any atom is 0.337 e. The molecule has 1 heterocycles. The Hall–Kier alpha value is -2.86. The van der Waals surface area contributed by atoms with Gasteiger partial charge in [-0.3, -0.25) is 0 Å². The molecule has 2 aromatic rings. The van der Waals surface area contributed by atoms with Gasteiger partial charge in [0.1, 0.15) is 12.6 Å². The van der Waals surface area contributed by atoms with E-state index in [2.05, 4.69) is 53.2 Å². The highest BCUT2D eigenvalue weighted by molar-refractivity contribution is 5.93. The van der Waals surface area contributed by atoms with Crippen LogP contribution in [0.5, 0.6) is 0 Å². The Morgan fingerprint density at radius 3 is 2.81 bits per heavy atom. The third-order valence-corrected chi connectivity index (χ3v) is 4.57. The number of carbonyl (C=O) groups is 2. The summed E-state index contributed by atoms with van der Waals surface area (Å²) in [6.07, 6.45) is 0. The first kappa shape index (κ1) is 17.9. The third-order valence-electron chi connectivity index (χ3n) is 4.57. The van der Waals surface area contributed by atoms with Gasteiger partial charge in [-0.2, -0.15) is 0 Å². The summed E-state index contributed by atoms with van der Waals surface area (Å²) >= 11 is 0. The molecule has 0 saturated heterocycles. The van der Waals surface area contributed by atoms with Crippen LogP contribution < -0.4 is 16.0 Å². The molecule has 1 aliphatic rings. The van der Waals surface area contributed by atoms with Crippen molar-refractivity contribution >= 4 is 22.8 Å². The number of ether oxygens (including phenoxy) is 1. The number of rotatable bonds is 6. The van der Waals surface area contributed by atoms with E-state index in [1.165, 1.54) is 16.3 Å². The van der Waals surface area contributed by atoms with Gasteiger partial charge in [0.05, 0.1) is 24.4 Å². The molecule has 0 aromatic heterocycles. The molecule has 0 unspecified atom stereocenters. The second kappa shape index (κ2) is 8.01. The zero-order valence-electron chi connectivity index (χ0n) is 15.0. The maximum absolute atomic E-state index is 12.1. The number of fused-ring (bicyclic) bond motifs is 1. The number of hydrogen-bond acceptors (Lipinski definition) is 3. The molecule has 6 nitrogen and oxygen atoms in total. The molecule has 6 heteroatoms. The molecule has 1 atom stereocenters. The predicted octanol–water partition coefficient (Wildman–Crippen LogP) is 1.59. The topological polar surface area (TPSA) is 84.0 Å². The van der Waals surface area contributed by atoms with Crippen LogP contribution in [0.15, 0.2) is 53.7 Å². The molecule has 2 amide bonds. The molecule has 136 valence electrons. The van der Waals surface area contributed by atoms with Gasteiger partial charge >= 0.3 is 12.0 Å². The Kier molecular flexibility index (Phi) is 5.53. The summed E-state index contributed by atoms with van der Waals surface area (Å²) < 4.78 is 5.09. The molecule has 2 aromatic carbocycles. The molecular weight excluding hydrogens is 330 g/mol. The van der Waals surface area contributed by atoms with Crippen molar-refractivity contribution in [2.24, 2.45) is 0 Å². The maximum atomic E-state index is 12.1. The highest BCUT2D eigenvalue weighted by Crippen LogP contribution is 2.22. The van der Waals surface area contributed by atoms with E-state index < -0.39 is 0 Å². The van der Waals surface area contributed by atoms with Crippen molar-refractivity contribution in [3.8, 4) is 0 Å². The standard InChI is InChI=1S/C20H23N3O3/c1-3-26-19(24)17-11-22-20(25)23-18(17)12-21-13(2)15-10-6-8-14-7-4-5-9-16(14)15/h4-10,13,21H,3,11-12H2,1-2H3,(H2,22,23,25)/p+1/t13-/m1/s1. The van der Waals surface area contributed by atoms with Gasteiger partial charge in [-0.05, 0) is 24.6 Å². The fourth-order valence-electron chi connectivity index (χ4n) is 3.19. The van der Waals surface area contributed by atoms with Crippen LogP contribution in [-0.2, 0) is 9.53 Å². The molecule has 0 radical (unpaired) electrons. The van der Waals surface area contributed by atoms with E-state index >= 15 is 0 Å². The zero-order valence-corrected chi connectivity index (χ0v) is 15.0. The summed E-state index contributed by atoms with van der Waals surface area (Å²) in [6.45, 7) is 4.87. The fourth-order valence-corrected chi connectivity index (χ4v) is 3.19. The molecule has 1 aliphatic heterocycles. The number of quaternary nitrogens is 1. The van der Waals surface area contributed by atoms with Crippen LogP contribution in [0.3, 0.4) is 0 Å². The highest BCUT2D eigenvalue weighted by Gasteiger charge is 2.25. The van der Waals surface area contributed by atoms with Gasteiger partial charge < -0.3 is 20.7 Å². The number of urea groups is 1. The first-order valence-electron chi connectivity index (χ1n) is 8.85. The monoisotopic (exact) mass is 354 g/mol. The lowest BCUT2D eigenvalue weighted by Crippen LogP contribution is -2.86. The van der Waals surface area contributed by atoms with Crippen molar-refractivity contribution < 1.29 is 19.6 Å². The molecule has 3 rings (SSSR count). The Balaban J connectivity index is 1.79. The third kappa shape index (κ3) is 3.86. The highest BCUT2D eigenvalue weighted by atomic mass is 16.5. The zero-order chi connectivity index (χ0) is 18.5. The minimum atomic E-state index is -0.388. The summed E-state index contributed by atoms with van der Waals surface area (Å²) in [5.41, 5.74) is 2.31. The Morgan fingerprint density at radius 1 is 1.23 bits per heavy atom. The number of carbonyl (C=O) groups excluding carboxylic acids is 2. The van der Waals surface area contributed by atoms with Crippen LogP contribution in [0.2, 0.25) is 0 Å². The second-order valence-corrected chi connectivity index (χ2v) is 6.28. The lowest BCUT2D eigenvalue weighted by molar-refractivity contribution is -0.686. The lowest BCUT2D eigenvalue weighted by Gasteiger charge is -2.22. The summed E-state index contributed by atoms with van der Waals surface area (Å²) in [5, 5.41) is 9.90. The van der Waals surface area contributed by atoms with Crippen molar-refractivity contribution in [3.63, 3.8) is 0 Å².